The van der Waals surface area contributed by atoms with E-state index in [1.165, 1.54) is 13.8 Å². The molecule has 1 heterocycles. The molecule has 0 atom stereocenters. The van der Waals surface area contributed by atoms with Crippen molar-refractivity contribution in [2.45, 2.75) is 13.8 Å². The Labute approximate surface area is 127 Å². The molecule has 1 N–H and O–H groups in total. The van der Waals surface area contributed by atoms with Crippen molar-refractivity contribution in [1.82, 2.24) is 4.98 Å². The van der Waals surface area contributed by atoms with Crippen molar-refractivity contribution in [3.63, 3.8) is 0 Å². The number of fused-ring (bicyclic) bond motifs is 1. The van der Waals surface area contributed by atoms with E-state index in [4.69, 9.17) is 4.42 Å². The van der Waals surface area contributed by atoms with Crippen molar-refractivity contribution in [2.75, 3.05) is 0 Å². The SMILES string of the molecule is CC(=O)C(=C(C)O)c1nc2cc(-c3ccccc3)ccc2o1. The molecule has 0 amide bonds. The summed E-state index contributed by atoms with van der Waals surface area (Å²) in [4.78, 5) is 16.0. The Kier molecular flexibility index (Phi) is 3.51. The number of carbonyl (C=O) groups excluding carboxylic acids is 1. The van der Waals surface area contributed by atoms with Gasteiger partial charge in [-0.3, -0.25) is 4.79 Å². The van der Waals surface area contributed by atoms with Crippen LogP contribution in [-0.2, 0) is 4.79 Å². The third kappa shape index (κ3) is 2.51. The van der Waals surface area contributed by atoms with Gasteiger partial charge in [-0.2, -0.15) is 0 Å². The number of oxazole rings is 1. The largest absolute Gasteiger partial charge is 0.512 e. The molecule has 3 aromatic rings. The van der Waals surface area contributed by atoms with Crippen molar-refractivity contribution in [2.24, 2.45) is 0 Å². The van der Waals surface area contributed by atoms with Crippen molar-refractivity contribution < 1.29 is 14.3 Å². The topological polar surface area (TPSA) is 63.3 Å². The first-order valence-electron chi connectivity index (χ1n) is 6.93. The van der Waals surface area contributed by atoms with E-state index in [0.29, 0.717) is 11.1 Å². The van der Waals surface area contributed by atoms with Gasteiger partial charge in [0.1, 0.15) is 16.8 Å². The Balaban J connectivity index is 2.12. The first kappa shape index (κ1) is 14.1. The molecule has 0 bridgehead atoms. The van der Waals surface area contributed by atoms with Crippen molar-refractivity contribution in [3.05, 3.63) is 60.2 Å². The minimum Gasteiger partial charge on any atom is -0.512 e. The van der Waals surface area contributed by atoms with Gasteiger partial charge in [-0.1, -0.05) is 36.4 Å². The summed E-state index contributed by atoms with van der Waals surface area (Å²) in [5, 5.41) is 9.65. The Hall–Kier alpha value is -2.88. The van der Waals surface area contributed by atoms with E-state index in [0.717, 1.165) is 11.1 Å². The number of carbonyl (C=O) groups is 1. The second-order valence-electron chi connectivity index (χ2n) is 5.08. The summed E-state index contributed by atoms with van der Waals surface area (Å²) in [6.45, 7) is 2.82. The normalized spacial score (nSPS) is 12.3. The molecule has 0 aliphatic heterocycles. The fourth-order valence-electron chi connectivity index (χ4n) is 2.40. The van der Waals surface area contributed by atoms with Crippen LogP contribution in [0.5, 0.6) is 0 Å². The van der Waals surface area contributed by atoms with Gasteiger partial charge in [0.05, 0.1) is 0 Å². The summed E-state index contributed by atoms with van der Waals surface area (Å²) in [5.41, 5.74) is 3.43. The zero-order chi connectivity index (χ0) is 15.7. The first-order valence-corrected chi connectivity index (χ1v) is 6.93. The summed E-state index contributed by atoms with van der Waals surface area (Å²) in [6.07, 6.45) is 0. The minimum absolute atomic E-state index is 0.0951. The van der Waals surface area contributed by atoms with Gasteiger partial charge in [-0.05, 0) is 37.1 Å². The minimum atomic E-state index is -0.283. The molecule has 2 aromatic carbocycles. The zero-order valence-corrected chi connectivity index (χ0v) is 12.3. The molecule has 1 aromatic heterocycles. The molecule has 4 heteroatoms. The summed E-state index contributed by atoms with van der Waals surface area (Å²) in [5.74, 6) is -0.232. The molecule has 0 saturated carbocycles. The highest BCUT2D eigenvalue weighted by Crippen LogP contribution is 2.27. The third-order valence-electron chi connectivity index (χ3n) is 3.42. The maximum absolute atomic E-state index is 11.6. The number of aliphatic hydroxyl groups is 1. The van der Waals surface area contributed by atoms with Crippen LogP contribution in [-0.4, -0.2) is 15.9 Å². The van der Waals surface area contributed by atoms with E-state index < -0.39 is 0 Å². The number of ketones is 1. The van der Waals surface area contributed by atoms with E-state index in [1.807, 2.05) is 48.5 Å². The second-order valence-corrected chi connectivity index (χ2v) is 5.08. The molecule has 0 aliphatic rings. The zero-order valence-electron chi connectivity index (χ0n) is 12.3. The predicted molar refractivity (Wildman–Crippen MR) is 85.3 cm³/mol. The van der Waals surface area contributed by atoms with Crippen LogP contribution in [0.1, 0.15) is 19.7 Å². The Morgan fingerprint density at radius 1 is 1.05 bits per heavy atom. The number of hydrogen-bond donors (Lipinski definition) is 1. The molecule has 4 nitrogen and oxygen atoms in total. The maximum Gasteiger partial charge on any atom is 0.234 e. The molecule has 22 heavy (non-hydrogen) atoms. The Bertz CT molecular complexity index is 872. The van der Waals surface area contributed by atoms with Gasteiger partial charge in [-0.25, -0.2) is 4.98 Å². The quantitative estimate of drug-likeness (QED) is 0.575. The summed E-state index contributed by atoms with van der Waals surface area (Å²) in [6, 6.07) is 15.6. The summed E-state index contributed by atoms with van der Waals surface area (Å²) >= 11 is 0. The van der Waals surface area contributed by atoms with Crippen LogP contribution in [0.25, 0.3) is 27.8 Å². The average molecular weight is 293 g/mol. The highest BCUT2D eigenvalue weighted by Gasteiger charge is 2.18. The number of nitrogens with zero attached hydrogens (tertiary/aromatic N) is 1. The van der Waals surface area contributed by atoms with Gasteiger partial charge in [0.15, 0.2) is 11.4 Å². The molecule has 0 aliphatic carbocycles. The number of aliphatic hydroxyl groups excluding tert-OH is 1. The average Bonchev–Trinajstić information content (AvgIpc) is 2.89. The number of allylic oxidation sites excluding steroid dienone is 2. The highest BCUT2D eigenvalue weighted by atomic mass is 16.4. The fraction of sp³-hybridized carbons (Fsp3) is 0.111. The van der Waals surface area contributed by atoms with Gasteiger partial charge in [0, 0.05) is 0 Å². The third-order valence-corrected chi connectivity index (χ3v) is 3.42. The lowest BCUT2D eigenvalue weighted by Gasteiger charge is -1.99. The lowest BCUT2D eigenvalue weighted by molar-refractivity contribution is -0.112. The number of aromatic nitrogens is 1. The standard InChI is InChI=1S/C18H15NO3/c1-11(20)17(12(2)21)18-19-15-10-14(8-9-16(15)22-18)13-6-4-3-5-7-13/h3-10,20H,1-2H3. The van der Waals surface area contributed by atoms with Crippen LogP contribution >= 0.6 is 0 Å². The highest BCUT2D eigenvalue weighted by molar-refractivity contribution is 6.19. The van der Waals surface area contributed by atoms with Gasteiger partial charge >= 0.3 is 0 Å². The molecular weight excluding hydrogens is 278 g/mol. The van der Waals surface area contributed by atoms with E-state index in [9.17, 15) is 9.90 Å². The monoisotopic (exact) mass is 293 g/mol. The lowest BCUT2D eigenvalue weighted by Crippen LogP contribution is -1.99. The van der Waals surface area contributed by atoms with Crippen LogP contribution in [0, 0.1) is 0 Å². The predicted octanol–water partition coefficient (Wildman–Crippen LogP) is 4.37. The van der Waals surface area contributed by atoms with Gasteiger partial charge in [0.2, 0.25) is 5.89 Å². The molecule has 0 saturated heterocycles. The number of hydrogen-bond acceptors (Lipinski definition) is 4. The first-order chi connectivity index (χ1) is 10.6. The molecule has 0 radical (unpaired) electrons. The van der Waals surface area contributed by atoms with Crippen LogP contribution in [0.2, 0.25) is 0 Å². The van der Waals surface area contributed by atoms with Crippen LogP contribution in [0.4, 0.5) is 0 Å². The molecule has 0 unspecified atom stereocenters. The molecule has 3 rings (SSSR count). The van der Waals surface area contributed by atoms with Crippen LogP contribution < -0.4 is 0 Å². The van der Waals surface area contributed by atoms with E-state index in [1.54, 1.807) is 0 Å². The van der Waals surface area contributed by atoms with E-state index in [2.05, 4.69) is 4.98 Å². The second kappa shape index (κ2) is 5.48. The molecular formula is C18H15NO3. The van der Waals surface area contributed by atoms with Crippen molar-refractivity contribution in [3.8, 4) is 11.1 Å². The van der Waals surface area contributed by atoms with E-state index >= 15 is 0 Å². The Morgan fingerprint density at radius 2 is 1.77 bits per heavy atom. The smallest absolute Gasteiger partial charge is 0.234 e. The van der Waals surface area contributed by atoms with Crippen LogP contribution in [0.3, 0.4) is 0 Å². The van der Waals surface area contributed by atoms with Crippen LogP contribution in [0.15, 0.2) is 58.7 Å². The molecule has 110 valence electrons. The number of rotatable bonds is 3. The van der Waals surface area contributed by atoms with Gasteiger partial charge in [0.25, 0.3) is 0 Å². The summed E-state index contributed by atoms with van der Waals surface area (Å²) in [7, 11) is 0. The van der Waals surface area contributed by atoms with Crippen molar-refractivity contribution >= 4 is 22.5 Å². The fourth-order valence-corrected chi connectivity index (χ4v) is 2.40. The Morgan fingerprint density at radius 3 is 2.41 bits per heavy atom. The van der Waals surface area contributed by atoms with Crippen molar-refractivity contribution in [1.29, 1.82) is 0 Å². The summed E-state index contributed by atoms with van der Waals surface area (Å²) < 4.78 is 5.59. The van der Waals surface area contributed by atoms with E-state index in [-0.39, 0.29) is 23.0 Å². The molecule has 0 spiro atoms. The lowest BCUT2D eigenvalue weighted by atomic mass is 10.1. The van der Waals surface area contributed by atoms with Gasteiger partial charge in [-0.15, -0.1) is 0 Å². The molecule has 0 fully saturated rings. The number of Topliss-reactive ketones (excluding diaryl/α,β-unsaturated/α-hetero) is 1. The number of benzene rings is 2. The maximum atomic E-state index is 11.6. The van der Waals surface area contributed by atoms with Gasteiger partial charge < -0.3 is 9.52 Å².